The first-order valence-electron chi connectivity index (χ1n) is 8.56. The van der Waals surface area contributed by atoms with Crippen LogP contribution in [-0.4, -0.2) is 41.1 Å². The summed E-state index contributed by atoms with van der Waals surface area (Å²) in [5.74, 6) is -2.88. The smallest absolute Gasteiger partial charge is 0.391 e. The molecule has 0 spiro atoms. The summed E-state index contributed by atoms with van der Waals surface area (Å²) in [6, 6.07) is 12.9. The topological polar surface area (TPSA) is 57.6 Å². The van der Waals surface area contributed by atoms with Crippen molar-refractivity contribution in [3.63, 3.8) is 0 Å². The average Bonchev–Trinajstić information content (AvgIpc) is 2.67. The lowest BCUT2D eigenvalue weighted by molar-refractivity contribution is -0.183. The van der Waals surface area contributed by atoms with Crippen molar-refractivity contribution in [3.8, 4) is 11.1 Å². The number of benzene rings is 2. The predicted molar refractivity (Wildman–Crippen MR) is 93.5 cm³/mol. The van der Waals surface area contributed by atoms with Crippen molar-refractivity contribution in [2.45, 2.75) is 19.0 Å². The molecule has 7 heteroatoms. The van der Waals surface area contributed by atoms with Gasteiger partial charge in [0.05, 0.1) is 11.5 Å². The summed E-state index contributed by atoms with van der Waals surface area (Å²) in [6.07, 6.45) is -4.49. The Morgan fingerprint density at radius 2 is 1.37 bits per heavy atom. The Labute approximate surface area is 154 Å². The highest BCUT2D eigenvalue weighted by molar-refractivity contribution is 6.04. The van der Waals surface area contributed by atoms with Gasteiger partial charge in [-0.3, -0.25) is 4.79 Å². The summed E-state index contributed by atoms with van der Waals surface area (Å²) in [7, 11) is 0. The van der Waals surface area contributed by atoms with Gasteiger partial charge in [-0.15, -0.1) is 0 Å². The average molecular weight is 377 g/mol. The van der Waals surface area contributed by atoms with Gasteiger partial charge in [-0.05, 0) is 36.1 Å². The second kappa shape index (κ2) is 7.42. The van der Waals surface area contributed by atoms with Crippen molar-refractivity contribution in [3.05, 3.63) is 59.7 Å². The molecule has 2 aromatic rings. The van der Waals surface area contributed by atoms with Crippen LogP contribution in [0.4, 0.5) is 13.2 Å². The van der Waals surface area contributed by atoms with E-state index in [9.17, 15) is 27.9 Å². The first kappa shape index (κ1) is 18.9. The molecular weight excluding hydrogens is 359 g/mol. The number of hydrogen-bond acceptors (Lipinski definition) is 2. The number of piperidine rings is 1. The molecule has 0 aliphatic carbocycles. The standard InChI is InChI=1S/C20H18F3NO3/c21-20(22,23)13-9-11-24(12-10-13)18(25)16-7-3-1-5-14(16)15-6-2-4-8-17(15)19(26)27/h1-8,13H,9-12H2,(H,26,27). The van der Waals surface area contributed by atoms with Crippen molar-refractivity contribution in [2.75, 3.05) is 13.1 Å². The van der Waals surface area contributed by atoms with E-state index in [-0.39, 0.29) is 43.0 Å². The minimum absolute atomic E-state index is 0.0257. The molecule has 1 aliphatic heterocycles. The molecule has 27 heavy (non-hydrogen) atoms. The monoisotopic (exact) mass is 377 g/mol. The number of rotatable bonds is 3. The number of hydrogen-bond donors (Lipinski definition) is 1. The maximum atomic E-state index is 12.9. The summed E-state index contributed by atoms with van der Waals surface area (Å²) in [5, 5.41) is 9.41. The third-order valence-corrected chi connectivity index (χ3v) is 4.85. The van der Waals surface area contributed by atoms with E-state index < -0.39 is 18.1 Å². The number of aromatic carboxylic acids is 1. The Bertz CT molecular complexity index is 856. The van der Waals surface area contributed by atoms with E-state index in [1.54, 1.807) is 42.5 Å². The van der Waals surface area contributed by atoms with Crippen molar-refractivity contribution < 1.29 is 27.9 Å². The van der Waals surface area contributed by atoms with Gasteiger partial charge in [-0.2, -0.15) is 13.2 Å². The van der Waals surface area contributed by atoms with Gasteiger partial charge in [0.1, 0.15) is 0 Å². The van der Waals surface area contributed by atoms with E-state index in [0.717, 1.165) is 0 Å². The summed E-state index contributed by atoms with van der Waals surface area (Å²) in [4.78, 5) is 25.8. The van der Waals surface area contributed by atoms with Crippen LogP contribution in [-0.2, 0) is 0 Å². The van der Waals surface area contributed by atoms with E-state index in [0.29, 0.717) is 11.1 Å². The molecule has 3 rings (SSSR count). The third kappa shape index (κ3) is 3.97. The first-order chi connectivity index (χ1) is 12.8. The van der Waals surface area contributed by atoms with Crippen molar-refractivity contribution >= 4 is 11.9 Å². The largest absolute Gasteiger partial charge is 0.478 e. The quantitative estimate of drug-likeness (QED) is 0.859. The zero-order chi connectivity index (χ0) is 19.6. The van der Waals surface area contributed by atoms with Gasteiger partial charge in [-0.1, -0.05) is 36.4 Å². The number of amides is 1. The Morgan fingerprint density at radius 3 is 1.89 bits per heavy atom. The van der Waals surface area contributed by atoms with Crippen LogP contribution in [0.2, 0.25) is 0 Å². The van der Waals surface area contributed by atoms with Crippen LogP contribution in [0.5, 0.6) is 0 Å². The SMILES string of the molecule is O=C(O)c1ccccc1-c1ccccc1C(=O)N1CCC(C(F)(F)F)CC1. The number of likely N-dealkylation sites (tertiary alicyclic amines) is 1. The molecule has 1 aliphatic rings. The minimum Gasteiger partial charge on any atom is -0.478 e. The van der Waals surface area contributed by atoms with Crippen molar-refractivity contribution in [2.24, 2.45) is 5.92 Å². The summed E-state index contributed by atoms with van der Waals surface area (Å²) in [6.45, 7) is 0.0514. The highest BCUT2D eigenvalue weighted by atomic mass is 19.4. The van der Waals surface area contributed by atoms with E-state index in [4.69, 9.17) is 0 Å². The molecule has 2 aromatic carbocycles. The van der Waals surface area contributed by atoms with E-state index in [1.807, 2.05) is 0 Å². The van der Waals surface area contributed by atoms with Crippen LogP contribution >= 0.6 is 0 Å². The number of alkyl halides is 3. The molecule has 4 nitrogen and oxygen atoms in total. The van der Waals surface area contributed by atoms with E-state index in [2.05, 4.69) is 0 Å². The molecule has 0 bridgehead atoms. The van der Waals surface area contributed by atoms with Crippen LogP contribution in [0.15, 0.2) is 48.5 Å². The molecule has 1 fully saturated rings. The van der Waals surface area contributed by atoms with E-state index >= 15 is 0 Å². The fraction of sp³-hybridized carbons (Fsp3) is 0.300. The van der Waals surface area contributed by atoms with Gasteiger partial charge in [0.25, 0.3) is 5.91 Å². The second-order valence-corrected chi connectivity index (χ2v) is 6.50. The van der Waals surface area contributed by atoms with Crippen molar-refractivity contribution in [1.82, 2.24) is 4.90 Å². The minimum atomic E-state index is -4.24. The van der Waals surface area contributed by atoms with Crippen LogP contribution in [0, 0.1) is 5.92 Å². The Hall–Kier alpha value is -2.83. The number of carbonyl (C=O) groups excluding carboxylic acids is 1. The van der Waals surface area contributed by atoms with Crippen molar-refractivity contribution in [1.29, 1.82) is 0 Å². The van der Waals surface area contributed by atoms with E-state index in [1.165, 1.54) is 11.0 Å². The molecule has 0 radical (unpaired) electrons. The predicted octanol–water partition coefficient (Wildman–Crippen LogP) is 4.47. The number of carboxylic acids is 1. The first-order valence-corrected chi connectivity index (χ1v) is 8.56. The zero-order valence-electron chi connectivity index (χ0n) is 14.4. The lowest BCUT2D eigenvalue weighted by Crippen LogP contribution is -2.42. The van der Waals surface area contributed by atoms with Crippen LogP contribution < -0.4 is 0 Å². The fourth-order valence-corrected chi connectivity index (χ4v) is 3.39. The third-order valence-electron chi connectivity index (χ3n) is 4.85. The lowest BCUT2D eigenvalue weighted by Gasteiger charge is -2.33. The molecule has 0 atom stereocenters. The normalized spacial score (nSPS) is 15.6. The molecule has 1 N–H and O–H groups in total. The van der Waals surface area contributed by atoms with Crippen LogP contribution in [0.25, 0.3) is 11.1 Å². The van der Waals surface area contributed by atoms with Gasteiger partial charge in [0.2, 0.25) is 0 Å². The zero-order valence-corrected chi connectivity index (χ0v) is 14.4. The Kier molecular flexibility index (Phi) is 5.21. The van der Waals surface area contributed by atoms with Gasteiger partial charge >= 0.3 is 12.1 Å². The molecule has 1 heterocycles. The summed E-state index contributed by atoms with van der Waals surface area (Å²) >= 11 is 0. The molecular formula is C20H18F3NO3. The Morgan fingerprint density at radius 1 is 0.889 bits per heavy atom. The molecule has 1 amide bonds. The van der Waals surface area contributed by atoms with Gasteiger partial charge in [-0.25, -0.2) is 4.79 Å². The Balaban J connectivity index is 1.89. The number of carbonyl (C=O) groups is 2. The van der Waals surface area contributed by atoms with Gasteiger partial charge in [0, 0.05) is 18.7 Å². The highest BCUT2D eigenvalue weighted by Crippen LogP contribution is 2.35. The fourth-order valence-electron chi connectivity index (χ4n) is 3.39. The summed E-state index contributed by atoms with van der Waals surface area (Å²) in [5.41, 5.74) is 1.21. The number of nitrogens with zero attached hydrogens (tertiary/aromatic N) is 1. The summed E-state index contributed by atoms with van der Waals surface area (Å²) < 4.78 is 38.5. The molecule has 0 saturated carbocycles. The van der Waals surface area contributed by atoms with Gasteiger partial charge in [0.15, 0.2) is 0 Å². The molecule has 142 valence electrons. The number of halogens is 3. The van der Waals surface area contributed by atoms with Gasteiger partial charge < -0.3 is 10.0 Å². The number of carboxylic acid groups (broad SMARTS) is 1. The molecule has 1 saturated heterocycles. The molecule has 0 unspecified atom stereocenters. The van der Waals surface area contributed by atoms with Crippen LogP contribution in [0.1, 0.15) is 33.6 Å². The van der Waals surface area contributed by atoms with Crippen LogP contribution in [0.3, 0.4) is 0 Å². The maximum Gasteiger partial charge on any atom is 0.391 e. The highest BCUT2D eigenvalue weighted by Gasteiger charge is 2.41. The molecule has 0 aromatic heterocycles. The second-order valence-electron chi connectivity index (χ2n) is 6.50. The lowest BCUT2D eigenvalue weighted by atomic mass is 9.93. The maximum absolute atomic E-state index is 12.9.